The van der Waals surface area contributed by atoms with Crippen molar-refractivity contribution >= 4 is 0 Å². The van der Waals surface area contributed by atoms with Gasteiger partial charge in [0, 0.05) is 5.56 Å². The van der Waals surface area contributed by atoms with Gasteiger partial charge in [0.25, 0.3) is 0 Å². The standard InChI is InChI=1S/C9H12FNO3/c1-4-2-5(6(11)3-12)9(14)7(10)8(4)13/h2,6,12-14H,3,11H2,1H3. The number of aliphatic hydroxyl groups is 1. The van der Waals surface area contributed by atoms with Gasteiger partial charge in [-0.15, -0.1) is 0 Å². The van der Waals surface area contributed by atoms with E-state index in [4.69, 9.17) is 15.9 Å². The van der Waals surface area contributed by atoms with Crippen LogP contribution in [0.5, 0.6) is 11.5 Å². The minimum absolute atomic E-state index is 0.0836. The Morgan fingerprint density at radius 1 is 1.43 bits per heavy atom. The van der Waals surface area contributed by atoms with Crippen molar-refractivity contribution in [1.29, 1.82) is 0 Å². The summed E-state index contributed by atoms with van der Waals surface area (Å²) in [5, 5.41) is 27.1. The van der Waals surface area contributed by atoms with E-state index in [2.05, 4.69) is 0 Å². The lowest BCUT2D eigenvalue weighted by Gasteiger charge is -2.13. The van der Waals surface area contributed by atoms with Gasteiger partial charge in [-0.3, -0.25) is 0 Å². The second kappa shape index (κ2) is 3.81. The Labute approximate surface area is 80.4 Å². The fourth-order valence-electron chi connectivity index (χ4n) is 1.16. The van der Waals surface area contributed by atoms with E-state index in [0.717, 1.165) is 0 Å². The largest absolute Gasteiger partial charge is 0.505 e. The quantitative estimate of drug-likeness (QED) is 0.562. The molecule has 0 spiro atoms. The maximum atomic E-state index is 13.1. The molecule has 0 saturated carbocycles. The number of rotatable bonds is 2. The molecule has 5 N–H and O–H groups in total. The van der Waals surface area contributed by atoms with Gasteiger partial charge in [0.1, 0.15) is 0 Å². The summed E-state index contributed by atoms with van der Waals surface area (Å²) in [6, 6.07) is 0.484. The van der Waals surface area contributed by atoms with Gasteiger partial charge in [0.05, 0.1) is 12.6 Å². The zero-order chi connectivity index (χ0) is 10.9. The number of phenols is 2. The van der Waals surface area contributed by atoms with Crippen LogP contribution in [-0.4, -0.2) is 21.9 Å². The molecule has 0 heterocycles. The van der Waals surface area contributed by atoms with Crippen molar-refractivity contribution < 1.29 is 19.7 Å². The number of aromatic hydroxyl groups is 2. The molecule has 14 heavy (non-hydrogen) atoms. The van der Waals surface area contributed by atoms with Crippen molar-refractivity contribution in [3.05, 3.63) is 23.0 Å². The summed E-state index contributed by atoms with van der Waals surface area (Å²) in [7, 11) is 0. The summed E-state index contributed by atoms with van der Waals surface area (Å²) in [5.74, 6) is -2.42. The number of aryl methyl sites for hydroxylation is 1. The van der Waals surface area contributed by atoms with Crippen molar-refractivity contribution in [3.8, 4) is 11.5 Å². The molecule has 1 aromatic carbocycles. The molecule has 0 aliphatic rings. The monoisotopic (exact) mass is 201 g/mol. The molecule has 0 aromatic heterocycles. The molecule has 78 valence electrons. The molecule has 1 unspecified atom stereocenters. The fraction of sp³-hybridized carbons (Fsp3) is 0.333. The second-order valence-corrected chi connectivity index (χ2v) is 3.08. The zero-order valence-corrected chi connectivity index (χ0v) is 7.66. The number of phenolic OH excluding ortho intramolecular Hbond substituents is 2. The summed E-state index contributed by atoms with van der Waals surface area (Å²) in [4.78, 5) is 0. The highest BCUT2D eigenvalue weighted by Crippen LogP contribution is 2.34. The highest BCUT2D eigenvalue weighted by atomic mass is 19.1. The third-order valence-corrected chi connectivity index (χ3v) is 2.03. The summed E-state index contributed by atoms with van der Waals surface area (Å²) in [5.41, 5.74) is 5.77. The number of hydrogen-bond donors (Lipinski definition) is 4. The van der Waals surface area contributed by atoms with Crippen LogP contribution in [-0.2, 0) is 0 Å². The summed E-state index contributed by atoms with van der Waals surface area (Å²) in [6.45, 7) is 1.07. The SMILES string of the molecule is Cc1cc(C(N)CO)c(O)c(F)c1O. The first-order chi connectivity index (χ1) is 6.49. The van der Waals surface area contributed by atoms with Crippen LogP contribution < -0.4 is 5.73 Å². The third kappa shape index (κ3) is 1.64. The van der Waals surface area contributed by atoms with Gasteiger partial charge in [0.2, 0.25) is 5.82 Å². The number of aliphatic hydroxyl groups excluding tert-OH is 1. The predicted molar refractivity (Wildman–Crippen MR) is 48.5 cm³/mol. The molecular formula is C9H12FNO3. The highest BCUT2D eigenvalue weighted by molar-refractivity contribution is 5.47. The molecule has 1 aromatic rings. The molecule has 1 atom stereocenters. The Hall–Kier alpha value is -1.33. The average molecular weight is 201 g/mol. The van der Waals surface area contributed by atoms with Crippen LogP contribution >= 0.6 is 0 Å². The van der Waals surface area contributed by atoms with Crippen molar-refractivity contribution in [1.82, 2.24) is 0 Å². The van der Waals surface area contributed by atoms with E-state index in [9.17, 15) is 9.50 Å². The van der Waals surface area contributed by atoms with E-state index in [1.54, 1.807) is 0 Å². The van der Waals surface area contributed by atoms with Crippen LogP contribution in [0, 0.1) is 12.7 Å². The van der Waals surface area contributed by atoms with Gasteiger partial charge >= 0.3 is 0 Å². The number of nitrogens with two attached hydrogens (primary N) is 1. The van der Waals surface area contributed by atoms with Crippen molar-refractivity contribution in [2.24, 2.45) is 5.73 Å². The van der Waals surface area contributed by atoms with Crippen molar-refractivity contribution in [2.45, 2.75) is 13.0 Å². The Morgan fingerprint density at radius 2 is 2.00 bits per heavy atom. The van der Waals surface area contributed by atoms with Gasteiger partial charge < -0.3 is 21.1 Å². The normalized spacial score (nSPS) is 12.9. The minimum atomic E-state index is -1.11. The third-order valence-electron chi connectivity index (χ3n) is 2.03. The van der Waals surface area contributed by atoms with Crippen molar-refractivity contribution in [3.63, 3.8) is 0 Å². The number of benzene rings is 1. The first kappa shape index (κ1) is 10.7. The fourth-order valence-corrected chi connectivity index (χ4v) is 1.16. The molecule has 0 aliphatic carbocycles. The van der Waals surface area contributed by atoms with Gasteiger partial charge in [-0.25, -0.2) is 0 Å². The maximum absolute atomic E-state index is 13.1. The topological polar surface area (TPSA) is 86.7 Å². The molecule has 0 aliphatic heterocycles. The molecule has 0 amide bonds. The molecule has 0 radical (unpaired) electrons. The van der Waals surface area contributed by atoms with Crippen LogP contribution in [0.25, 0.3) is 0 Å². The average Bonchev–Trinajstić information content (AvgIpc) is 2.19. The zero-order valence-electron chi connectivity index (χ0n) is 7.66. The molecule has 0 bridgehead atoms. The van der Waals surface area contributed by atoms with Gasteiger partial charge in [-0.05, 0) is 18.6 Å². The van der Waals surface area contributed by atoms with E-state index in [1.807, 2.05) is 0 Å². The van der Waals surface area contributed by atoms with Gasteiger partial charge in [-0.1, -0.05) is 0 Å². The minimum Gasteiger partial charge on any atom is -0.505 e. The lowest BCUT2D eigenvalue weighted by atomic mass is 10.0. The number of hydrogen-bond acceptors (Lipinski definition) is 4. The number of halogens is 1. The Balaban J connectivity index is 3.33. The molecular weight excluding hydrogens is 189 g/mol. The summed E-state index contributed by atoms with van der Waals surface area (Å²) in [6.07, 6.45) is 0. The smallest absolute Gasteiger partial charge is 0.206 e. The van der Waals surface area contributed by atoms with E-state index in [0.29, 0.717) is 0 Å². The van der Waals surface area contributed by atoms with Crippen LogP contribution in [0.1, 0.15) is 17.2 Å². The molecule has 5 heteroatoms. The highest BCUT2D eigenvalue weighted by Gasteiger charge is 2.18. The first-order valence-corrected chi connectivity index (χ1v) is 4.06. The maximum Gasteiger partial charge on any atom is 0.206 e. The van der Waals surface area contributed by atoms with Gasteiger partial charge in [0.15, 0.2) is 11.5 Å². The van der Waals surface area contributed by atoms with E-state index < -0.39 is 30.0 Å². The van der Waals surface area contributed by atoms with Gasteiger partial charge in [-0.2, -0.15) is 4.39 Å². The second-order valence-electron chi connectivity index (χ2n) is 3.08. The predicted octanol–water partition coefficient (Wildman–Crippen LogP) is 0.537. The van der Waals surface area contributed by atoms with Crippen LogP contribution in [0.3, 0.4) is 0 Å². The molecule has 1 rings (SSSR count). The first-order valence-electron chi connectivity index (χ1n) is 4.06. The molecule has 4 nitrogen and oxygen atoms in total. The van der Waals surface area contributed by atoms with Crippen LogP contribution in [0.15, 0.2) is 6.07 Å². The van der Waals surface area contributed by atoms with Crippen LogP contribution in [0.4, 0.5) is 4.39 Å². The lowest BCUT2D eigenvalue weighted by Crippen LogP contribution is -2.15. The van der Waals surface area contributed by atoms with Crippen LogP contribution in [0.2, 0.25) is 0 Å². The Morgan fingerprint density at radius 3 is 2.50 bits per heavy atom. The Kier molecular flexibility index (Phi) is 2.93. The molecule has 0 saturated heterocycles. The lowest BCUT2D eigenvalue weighted by molar-refractivity contribution is 0.263. The summed E-state index contributed by atoms with van der Waals surface area (Å²) >= 11 is 0. The van der Waals surface area contributed by atoms with E-state index >= 15 is 0 Å². The van der Waals surface area contributed by atoms with Crippen molar-refractivity contribution in [2.75, 3.05) is 6.61 Å². The summed E-state index contributed by atoms with van der Waals surface area (Å²) < 4.78 is 13.1. The molecule has 0 fully saturated rings. The Bertz CT molecular complexity index is 354. The van der Waals surface area contributed by atoms with E-state index in [1.165, 1.54) is 13.0 Å². The van der Waals surface area contributed by atoms with E-state index in [-0.39, 0.29) is 11.1 Å².